The molecule has 2 N–H and O–H groups in total. The van der Waals surface area contributed by atoms with E-state index in [9.17, 15) is 9.59 Å². The molecule has 0 radical (unpaired) electrons. The molecule has 1 saturated heterocycles. The number of rotatable bonds is 5. The average molecular weight is 315 g/mol. The Hall–Kier alpha value is -1.60. The van der Waals surface area contributed by atoms with E-state index in [4.69, 9.17) is 16.3 Å². The first kappa shape index (κ1) is 15.8. The van der Waals surface area contributed by atoms with Gasteiger partial charge in [0.05, 0.1) is 7.11 Å². The number of nitrogens with zero attached hydrogens (tertiary/aromatic N) is 2. The van der Waals surface area contributed by atoms with Crippen LogP contribution in [-0.2, 0) is 0 Å². The first-order valence-electron chi connectivity index (χ1n) is 6.92. The van der Waals surface area contributed by atoms with Gasteiger partial charge in [0, 0.05) is 12.6 Å². The van der Waals surface area contributed by atoms with Gasteiger partial charge in [-0.3, -0.25) is 19.5 Å². The van der Waals surface area contributed by atoms with Crippen molar-refractivity contribution in [3.63, 3.8) is 0 Å². The molecule has 7 nitrogen and oxygen atoms in total. The molecule has 21 heavy (non-hydrogen) atoms. The van der Waals surface area contributed by atoms with Crippen LogP contribution in [0.3, 0.4) is 0 Å². The molecule has 1 aromatic heterocycles. The lowest BCUT2D eigenvalue weighted by molar-refractivity contribution is 0.0932. The highest BCUT2D eigenvalue weighted by molar-refractivity contribution is 6.29. The van der Waals surface area contributed by atoms with E-state index in [1.807, 2.05) is 0 Å². The molecule has 8 heteroatoms. The second-order valence-electron chi connectivity index (χ2n) is 4.87. The molecule has 1 atom stereocenters. The van der Waals surface area contributed by atoms with Gasteiger partial charge in [-0.2, -0.15) is 0 Å². The summed E-state index contributed by atoms with van der Waals surface area (Å²) >= 11 is 5.66. The van der Waals surface area contributed by atoms with Gasteiger partial charge in [-0.05, 0) is 25.9 Å². The summed E-state index contributed by atoms with van der Waals surface area (Å²) in [7, 11) is 1.35. The highest BCUT2D eigenvalue weighted by atomic mass is 35.5. The zero-order chi connectivity index (χ0) is 15.4. The number of aromatic amines is 1. The van der Waals surface area contributed by atoms with E-state index in [0.29, 0.717) is 12.6 Å². The number of halogens is 1. The predicted octanol–water partition coefficient (Wildman–Crippen LogP) is 0.646. The number of hydrogen-bond donors (Lipinski definition) is 2. The lowest BCUT2D eigenvalue weighted by Crippen LogP contribution is -2.40. The number of hydrogen-bond acceptors (Lipinski definition) is 5. The maximum atomic E-state index is 12.2. The summed E-state index contributed by atoms with van der Waals surface area (Å²) in [5.41, 5.74) is -0.596. The molecule has 1 unspecified atom stereocenters. The van der Waals surface area contributed by atoms with Crippen LogP contribution in [0.1, 0.15) is 30.3 Å². The van der Waals surface area contributed by atoms with Crippen LogP contribution in [-0.4, -0.2) is 53.6 Å². The third kappa shape index (κ3) is 3.54. The predicted molar refractivity (Wildman–Crippen MR) is 79.0 cm³/mol. The summed E-state index contributed by atoms with van der Waals surface area (Å²) in [5.74, 6) is -0.395. The van der Waals surface area contributed by atoms with Crippen LogP contribution in [0.5, 0.6) is 5.88 Å². The van der Waals surface area contributed by atoms with Gasteiger partial charge in [0.2, 0.25) is 5.88 Å². The van der Waals surface area contributed by atoms with Crippen LogP contribution in [0, 0.1) is 0 Å². The second kappa shape index (κ2) is 6.91. The Morgan fingerprint density at radius 2 is 2.38 bits per heavy atom. The van der Waals surface area contributed by atoms with Crippen LogP contribution >= 0.6 is 11.6 Å². The normalized spacial score (nSPS) is 18.7. The van der Waals surface area contributed by atoms with Gasteiger partial charge in [0.1, 0.15) is 0 Å². The first-order valence-corrected chi connectivity index (χ1v) is 7.30. The van der Waals surface area contributed by atoms with E-state index >= 15 is 0 Å². The van der Waals surface area contributed by atoms with Crippen LogP contribution in [0.25, 0.3) is 0 Å². The van der Waals surface area contributed by atoms with E-state index in [1.54, 1.807) is 0 Å². The zero-order valence-corrected chi connectivity index (χ0v) is 12.9. The third-order valence-electron chi connectivity index (χ3n) is 3.66. The minimum atomic E-state index is -0.585. The van der Waals surface area contributed by atoms with Gasteiger partial charge in [-0.25, -0.2) is 4.98 Å². The molecule has 0 spiro atoms. The molecule has 1 amide bonds. The summed E-state index contributed by atoms with van der Waals surface area (Å²) < 4.78 is 4.97. The lowest BCUT2D eigenvalue weighted by atomic mass is 10.2. The van der Waals surface area contributed by atoms with Crippen molar-refractivity contribution in [2.24, 2.45) is 0 Å². The van der Waals surface area contributed by atoms with Crippen molar-refractivity contribution in [2.45, 2.75) is 25.8 Å². The summed E-state index contributed by atoms with van der Waals surface area (Å²) in [5, 5.41) is 2.54. The van der Waals surface area contributed by atoms with Gasteiger partial charge in [0.25, 0.3) is 11.5 Å². The molecule has 0 bridgehead atoms. The number of nitrogens with one attached hydrogen (secondary N) is 2. The van der Waals surface area contributed by atoms with E-state index in [0.717, 1.165) is 25.9 Å². The molecule has 1 aromatic rings. The molecule has 1 fully saturated rings. The third-order valence-corrected chi connectivity index (χ3v) is 3.92. The molecule has 1 aliphatic rings. The number of aromatic nitrogens is 2. The highest BCUT2D eigenvalue weighted by Crippen LogP contribution is 2.16. The summed E-state index contributed by atoms with van der Waals surface area (Å²) in [6.07, 6.45) is 2.20. The standard InChI is InChI=1S/C13H19ClN4O3/c1-3-18-6-4-5-8(18)7-15-11(19)9-13(21-2)17-12(20)10(14)16-9/h8H,3-7H2,1-2H3,(H,15,19)(H,17,20). The van der Waals surface area contributed by atoms with Crippen molar-refractivity contribution in [3.05, 3.63) is 21.2 Å². The topological polar surface area (TPSA) is 87.3 Å². The Kier molecular flexibility index (Phi) is 5.19. The molecule has 0 aliphatic carbocycles. The number of H-pyrrole nitrogens is 1. The SMILES string of the molecule is CCN1CCCC1CNC(=O)c1nc(Cl)c(=O)[nH]c1OC. The van der Waals surface area contributed by atoms with Crippen molar-refractivity contribution >= 4 is 17.5 Å². The number of carbonyl (C=O) groups is 1. The Morgan fingerprint density at radius 1 is 1.62 bits per heavy atom. The minimum absolute atomic E-state index is 0.0110. The Balaban J connectivity index is 2.06. The van der Waals surface area contributed by atoms with Gasteiger partial charge < -0.3 is 10.1 Å². The fourth-order valence-electron chi connectivity index (χ4n) is 2.55. The van der Waals surface area contributed by atoms with Gasteiger partial charge in [-0.15, -0.1) is 0 Å². The summed E-state index contributed by atoms with van der Waals surface area (Å²) in [4.78, 5) is 32.0. The summed E-state index contributed by atoms with van der Waals surface area (Å²) in [6.45, 7) is 4.66. The largest absolute Gasteiger partial charge is 0.481 e. The maximum absolute atomic E-state index is 12.2. The Morgan fingerprint density at radius 3 is 3.05 bits per heavy atom. The van der Waals surface area contributed by atoms with E-state index in [-0.39, 0.29) is 16.7 Å². The van der Waals surface area contributed by atoms with E-state index in [2.05, 4.69) is 27.1 Å². The van der Waals surface area contributed by atoms with Crippen LogP contribution in [0.4, 0.5) is 0 Å². The number of likely N-dealkylation sites (N-methyl/N-ethyl adjacent to an activating group) is 1. The average Bonchev–Trinajstić information content (AvgIpc) is 2.94. The monoisotopic (exact) mass is 314 g/mol. The lowest BCUT2D eigenvalue weighted by Gasteiger charge is -2.22. The van der Waals surface area contributed by atoms with Gasteiger partial charge >= 0.3 is 0 Å². The van der Waals surface area contributed by atoms with E-state index < -0.39 is 11.5 Å². The van der Waals surface area contributed by atoms with Crippen molar-refractivity contribution in [1.82, 2.24) is 20.2 Å². The number of methoxy groups -OCH3 is 1. The molecule has 1 aliphatic heterocycles. The fourth-order valence-corrected chi connectivity index (χ4v) is 2.68. The smallest absolute Gasteiger partial charge is 0.288 e. The maximum Gasteiger partial charge on any atom is 0.288 e. The summed E-state index contributed by atoms with van der Waals surface area (Å²) in [6, 6.07) is 0.336. The van der Waals surface area contributed by atoms with E-state index in [1.165, 1.54) is 7.11 Å². The first-order chi connectivity index (χ1) is 10.1. The van der Waals surface area contributed by atoms with Crippen molar-refractivity contribution in [2.75, 3.05) is 26.7 Å². The number of carbonyl (C=O) groups excluding carboxylic acids is 1. The van der Waals surface area contributed by atoms with Gasteiger partial charge in [0.15, 0.2) is 10.8 Å². The van der Waals surface area contributed by atoms with Gasteiger partial charge in [-0.1, -0.05) is 18.5 Å². The molecule has 2 rings (SSSR count). The molecular formula is C13H19ClN4O3. The number of amides is 1. The van der Waals surface area contributed by atoms with Crippen LogP contribution < -0.4 is 15.6 Å². The number of likely N-dealkylation sites (tertiary alicyclic amines) is 1. The van der Waals surface area contributed by atoms with Crippen molar-refractivity contribution < 1.29 is 9.53 Å². The molecule has 0 aromatic carbocycles. The Labute approximate surface area is 127 Å². The quantitative estimate of drug-likeness (QED) is 0.833. The van der Waals surface area contributed by atoms with Crippen LogP contribution in [0.2, 0.25) is 5.15 Å². The second-order valence-corrected chi connectivity index (χ2v) is 5.23. The zero-order valence-electron chi connectivity index (χ0n) is 12.1. The molecule has 2 heterocycles. The number of ether oxygens (including phenoxy) is 1. The van der Waals surface area contributed by atoms with Crippen molar-refractivity contribution in [1.29, 1.82) is 0 Å². The molecule has 0 saturated carbocycles. The minimum Gasteiger partial charge on any atom is -0.481 e. The fraction of sp³-hybridized carbons (Fsp3) is 0.615. The highest BCUT2D eigenvalue weighted by Gasteiger charge is 2.24. The Bertz CT molecular complexity index is 575. The van der Waals surface area contributed by atoms with Crippen LogP contribution in [0.15, 0.2) is 4.79 Å². The molecular weight excluding hydrogens is 296 g/mol. The molecule has 116 valence electrons. The van der Waals surface area contributed by atoms with Crippen molar-refractivity contribution in [3.8, 4) is 5.88 Å².